The molecule has 0 saturated heterocycles. The molecule has 0 aliphatic rings. The van der Waals surface area contributed by atoms with Gasteiger partial charge in [0.25, 0.3) is 0 Å². The predicted octanol–water partition coefficient (Wildman–Crippen LogP) is 1.81. The van der Waals surface area contributed by atoms with Crippen molar-refractivity contribution in [3.63, 3.8) is 0 Å². The number of hydrogen-bond donors (Lipinski definition) is 2. The number of hydrogen-bond acceptors (Lipinski definition) is 5. The second-order valence-corrected chi connectivity index (χ2v) is 4.48. The number of rotatable bonds is 9. The van der Waals surface area contributed by atoms with E-state index in [1.807, 2.05) is 6.92 Å². The number of aromatic nitrogens is 1. The molecule has 0 fully saturated rings. The number of nitrogens with zero attached hydrogens (tertiary/aromatic N) is 1. The summed E-state index contributed by atoms with van der Waals surface area (Å²) in [4.78, 5) is 15.5. The van der Waals surface area contributed by atoms with Gasteiger partial charge in [0.15, 0.2) is 0 Å². The van der Waals surface area contributed by atoms with Crippen LogP contribution < -0.4 is 5.32 Å². The van der Waals surface area contributed by atoms with Gasteiger partial charge in [-0.15, -0.1) is 0 Å². The zero-order valence-electron chi connectivity index (χ0n) is 12.2. The smallest absolute Gasteiger partial charge is 0.335 e. The maximum Gasteiger partial charge on any atom is 0.335 e. The van der Waals surface area contributed by atoms with Crippen molar-refractivity contribution in [3.8, 4) is 0 Å². The van der Waals surface area contributed by atoms with Crippen LogP contribution in [0.5, 0.6) is 0 Å². The summed E-state index contributed by atoms with van der Waals surface area (Å²) in [7, 11) is 3.21. The zero-order chi connectivity index (χ0) is 15.0. The first-order valence-electron chi connectivity index (χ1n) is 6.60. The van der Waals surface area contributed by atoms with Crippen LogP contribution in [-0.4, -0.2) is 49.5 Å². The fourth-order valence-corrected chi connectivity index (χ4v) is 1.80. The van der Waals surface area contributed by atoms with Crippen LogP contribution in [-0.2, 0) is 15.9 Å². The van der Waals surface area contributed by atoms with Gasteiger partial charge in [0.1, 0.15) is 5.82 Å². The summed E-state index contributed by atoms with van der Waals surface area (Å²) in [5, 5.41) is 12.2. The third-order valence-corrected chi connectivity index (χ3v) is 2.83. The van der Waals surface area contributed by atoms with Crippen molar-refractivity contribution in [2.75, 3.05) is 32.7 Å². The van der Waals surface area contributed by atoms with Gasteiger partial charge in [-0.25, -0.2) is 9.78 Å². The van der Waals surface area contributed by atoms with Crippen molar-refractivity contribution >= 4 is 11.8 Å². The van der Waals surface area contributed by atoms with Crippen molar-refractivity contribution in [3.05, 3.63) is 23.4 Å². The Balaban J connectivity index is 2.79. The van der Waals surface area contributed by atoms with E-state index in [4.69, 9.17) is 14.6 Å². The topological polar surface area (TPSA) is 80.7 Å². The van der Waals surface area contributed by atoms with E-state index in [2.05, 4.69) is 10.3 Å². The Morgan fingerprint density at radius 1 is 1.45 bits per heavy atom. The average Bonchev–Trinajstić information content (AvgIpc) is 2.43. The molecule has 0 amide bonds. The Labute approximate surface area is 119 Å². The second-order valence-electron chi connectivity index (χ2n) is 4.48. The lowest BCUT2D eigenvalue weighted by Gasteiger charge is -2.16. The summed E-state index contributed by atoms with van der Waals surface area (Å²) < 4.78 is 10.3. The van der Waals surface area contributed by atoms with E-state index in [1.165, 1.54) is 6.07 Å². The van der Waals surface area contributed by atoms with E-state index < -0.39 is 5.97 Å². The molecule has 112 valence electrons. The summed E-state index contributed by atoms with van der Waals surface area (Å²) >= 11 is 0. The first-order valence-corrected chi connectivity index (χ1v) is 6.60. The molecule has 0 aliphatic heterocycles. The van der Waals surface area contributed by atoms with Gasteiger partial charge in [0, 0.05) is 26.5 Å². The van der Waals surface area contributed by atoms with Crippen molar-refractivity contribution in [2.24, 2.45) is 0 Å². The number of nitrogens with one attached hydrogen (secondary N) is 1. The predicted molar refractivity (Wildman–Crippen MR) is 76.4 cm³/mol. The van der Waals surface area contributed by atoms with Crippen LogP contribution in [0.4, 0.5) is 5.82 Å². The molecule has 20 heavy (non-hydrogen) atoms. The van der Waals surface area contributed by atoms with Gasteiger partial charge in [0.2, 0.25) is 0 Å². The van der Waals surface area contributed by atoms with Crippen LogP contribution in [0.3, 0.4) is 0 Å². The Bertz CT molecular complexity index is 437. The van der Waals surface area contributed by atoms with Gasteiger partial charge in [-0.05, 0) is 18.6 Å². The van der Waals surface area contributed by atoms with Crippen molar-refractivity contribution in [1.29, 1.82) is 0 Å². The molecule has 0 aromatic carbocycles. The second kappa shape index (κ2) is 8.50. The van der Waals surface area contributed by atoms with Crippen LogP contribution >= 0.6 is 0 Å². The van der Waals surface area contributed by atoms with Gasteiger partial charge in [-0.2, -0.15) is 0 Å². The van der Waals surface area contributed by atoms with Crippen LogP contribution in [0.2, 0.25) is 0 Å². The summed E-state index contributed by atoms with van der Waals surface area (Å²) in [5.74, 6) is -0.403. The number of aryl methyl sites for hydroxylation is 1. The van der Waals surface area contributed by atoms with Crippen molar-refractivity contribution in [1.82, 2.24) is 4.98 Å². The molecule has 0 bridgehead atoms. The molecule has 1 aromatic rings. The van der Waals surface area contributed by atoms with E-state index in [0.717, 1.165) is 18.5 Å². The highest BCUT2D eigenvalue weighted by Crippen LogP contribution is 2.12. The largest absolute Gasteiger partial charge is 0.478 e. The Kier molecular flexibility index (Phi) is 6.97. The minimum Gasteiger partial charge on any atom is -0.478 e. The summed E-state index contributed by atoms with van der Waals surface area (Å²) in [6.45, 7) is 3.00. The maximum absolute atomic E-state index is 11.1. The molecule has 1 atom stereocenters. The first-order chi connectivity index (χ1) is 9.60. The molecule has 6 heteroatoms. The number of ether oxygens (including phenoxy) is 2. The number of methoxy groups -OCH3 is 2. The minimum absolute atomic E-state index is 0.107. The number of carboxylic acid groups (broad SMARTS) is 1. The van der Waals surface area contributed by atoms with Crippen LogP contribution in [0.25, 0.3) is 0 Å². The Morgan fingerprint density at radius 2 is 2.20 bits per heavy atom. The standard InChI is InChI=1S/C14H22N2O4/c1-4-5-11-6-10(14(17)18)7-13(16-11)15-8-12(20-3)9-19-2/h6-7,12H,4-5,8-9H2,1-3H3,(H,15,16)(H,17,18). The third-order valence-electron chi connectivity index (χ3n) is 2.83. The number of pyridine rings is 1. The Hall–Kier alpha value is -1.66. The lowest BCUT2D eigenvalue weighted by atomic mass is 10.1. The molecule has 1 aromatic heterocycles. The molecule has 1 unspecified atom stereocenters. The van der Waals surface area contributed by atoms with Gasteiger partial charge in [-0.3, -0.25) is 0 Å². The molecule has 0 saturated carbocycles. The van der Waals surface area contributed by atoms with Crippen LogP contribution in [0.1, 0.15) is 29.4 Å². The lowest BCUT2D eigenvalue weighted by molar-refractivity contribution is 0.0365. The van der Waals surface area contributed by atoms with Crippen molar-refractivity contribution in [2.45, 2.75) is 25.9 Å². The van der Waals surface area contributed by atoms with Gasteiger partial charge in [-0.1, -0.05) is 13.3 Å². The minimum atomic E-state index is -0.951. The number of anilines is 1. The molecule has 1 rings (SSSR count). The van der Waals surface area contributed by atoms with Gasteiger partial charge in [0.05, 0.1) is 18.3 Å². The lowest BCUT2D eigenvalue weighted by Crippen LogP contribution is -2.27. The average molecular weight is 282 g/mol. The summed E-state index contributed by atoms with van der Waals surface area (Å²) in [5.41, 5.74) is 1.02. The maximum atomic E-state index is 11.1. The number of carboxylic acids is 1. The van der Waals surface area contributed by atoms with E-state index >= 15 is 0 Å². The fraction of sp³-hybridized carbons (Fsp3) is 0.571. The molecular weight excluding hydrogens is 260 g/mol. The van der Waals surface area contributed by atoms with E-state index in [9.17, 15) is 4.79 Å². The van der Waals surface area contributed by atoms with E-state index in [1.54, 1.807) is 20.3 Å². The quantitative estimate of drug-likeness (QED) is 0.719. The highest BCUT2D eigenvalue weighted by molar-refractivity contribution is 5.88. The van der Waals surface area contributed by atoms with Crippen LogP contribution in [0.15, 0.2) is 12.1 Å². The molecule has 2 N–H and O–H groups in total. The fourth-order valence-electron chi connectivity index (χ4n) is 1.80. The number of aromatic carboxylic acids is 1. The van der Waals surface area contributed by atoms with Crippen molar-refractivity contribution < 1.29 is 19.4 Å². The molecular formula is C14H22N2O4. The third kappa shape index (κ3) is 5.14. The summed E-state index contributed by atoms with van der Waals surface area (Å²) in [6, 6.07) is 3.14. The normalized spacial score (nSPS) is 12.2. The monoisotopic (exact) mass is 282 g/mol. The van der Waals surface area contributed by atoms with Gasteiger partial charge >= 0.3 is 5.97 Å². The molecule has 0 aliphatic carbocycles. The Morgan fingerprint density at radius 3 is 2.75 bits per heavy atom. The molecule has 6 nitrogen and oxygen atoms in total. The SMILES string of the molecule is CCCc1cc(C(=O)O)cc(NCC(COC)OC)n1. The van der Waals surface area contributed by atoms with E-state index in [-0.39, 0.29) is 11.7 Å². The molecule has 0 spiro atoms. The molecule has 0 radical (unpaired) electrons. The first kappa shape index (κ1) is 16.4. The van der Waals surface area contributed by atoms with E-state index in [0.29, 0.717) is 19.0 Å². The van der Waals surface area contributed by atoms with Gasteiger partial charge < -0.3 is 19.9 Å². The molecule has 1 heterocycles. The summed E-state index contributed by atoms with van der Waals surface area (Å²) in [6.07, 6.45) is 1.56. The number of carbonyl (C=O) groups is 1. The van der Waals surface area contributed by atoms with Crippen LogP contribution in [0, 0.1) is 0 Å². The highest BCUT2D eigenvalue weighted by atomic mass is 16.5. The highest BCUT2D eigenvalue weighted by Gasteiger charge is 2.10. The zero-order valence-corrected chi connectivity index (χ0v) is 12.2.